The number of thiophene rings is 1. The summed E-state index contributed by atoms with van der Waals surface area (Å²) in [5.74, 6) is 0. The number of rotatable bonds is 3. The summed E-state index contributed by atoms with van der Waals surface area (Å²) in [4.78, 5) is 5.58. The van der Waals surface area contributed by atoms with Crippen LogP contribution in [-0.4, -0.2) is 23.0 Å². The molecule has 0 radical (unpaired) electrons. The van der Waals surface area contributed by atoms with Crippen molar-refractivity contribution in [2.45, 2.75) is 9.79 Å². The van der Waals surface area contributed by atoms with Gasteiger partial charge in [0, 0.05) is 6.20 Å². The van der Waals surface area contributed by atoms with Crippen LogP contribution in [-0.2, 0) is 9.84 Å². The molecule has 4 rings (SSSR count). The third kappa shape index (κ3) is 2.25. The average Bonchev–Trinajstić information content (AvgIpc) is 3.25. The van der Waals surface area contributed by atoms with E-state index in [1.807, 2.05) is 23.6 Å². The first-order valence-electron chi connectivity index (χ1n) is 6.85. The van der Waals surface area contributed by atoms with Gasteiger partial charge < -0.3 is 0 Å². The Bertz CT molecular complexity index is 1070. The molecule has 1 aromatic carbocycles. The number of hydrogen-bond donors (Lipinski definition) is 0. The molecular formula is C16H11N3O2S2. The summed E-state index contributed by atoms with van der Waals surface area (Å²) in [5.41, 5.74) is 1.15. The minimum atomic E-state index is -3.65. The Morgan fingerprint density at radius 1 is 1.00 bits per heavy atom. The number of hydrogen-bond acceptors (Lipinski definition) is 5. The Balaban J connectivity index is 1.96. The molecule has 0 fully saturated rings. The Morgan fingerprint density at radius 3 is 2.57 bits per heavy atom. The van der Waals surface area contributed by atoms with Gasteiger partial charge in [0.05, 0.1) is 21.7 Å². The van der Waals surface area contributed by atoms with Crippen molar-refractivity contribution in [1.29, 1.82) is 0 Å². The molecule has 7 heteroatoms. The molecule has 0 aliphatic heterocycles. The van der Waals surface area contributed by atoms with E-state index in [2.05, 4.69) is 10.1 Å². The van der Waals surface area contributed by atoms with Gasteiger partial charge in [-0.15, -0.1) is 11.3 Å². The third-order valence-electron chi connectivity index (χ3n) is 3.49. The highest BCUT2D eigenvalue weighted by atomic mass is 32.2. The molecule has 4 aromatic rings. The Morgan fingerprint density at radius 2 is 1.83 bits per heavy atom. The maximum absolute atomic E-state index is 12.8. The normalized spacial score (nSPS) is 11.8. The number of benzene rings is 1. The molecule has 5 nitrogen and oxygen atoms in total. The minimum absolute atomic E-state index is 0.113. The molecule has 114 valence electrons. The summed E-state index contributed by atoms with van der Waals surface area (Å²) >= 11 is 1.57. The van der Waals surface area contributed by atoms with E-state index in [1.165, 1.54) is 6.20 Å². The van der Waals surface area contributed by atoms with Gasteiger partial charge in [0.25, 0.3) is 0 Å². The van der Waals surface area contributed by atoms with Gasteiger partial charge in [0.2, 0.25) is 9.84 Å². The highest BCUT2D eigenvalue weighted by molar-refractivity contribution is 7.91. The Labute approximate surface area is 136 Å². The molecule has 0 bridgehead atoms. The SMILES string of the molecule is O=S(=O)(c1ccccc1)c1cnn2c(-c3cccs3)ccnc12. The minimum Gasteiger partial charge on any atom is -0.236 e. The lowest BCUT2D eigenvalue weighted by Crippen LogP contribution is -2.02. The van der Waals surface area contributed by atoms with Crippen molar-refractivity contribution in [1.82, 2.24) is 14.6 Å². The van der Waals surface area contributed by atoms with Crippen LogP contribution >= 0.6 is 11.3 Å². The fourth-order valence-electron chi connectivity index (χ4n) is 2.40. The predicted octanol–water partition coefficient (Wildman–Crippen LogP) is 3.29. The topological polar surface area (TPSA) is 64.3 Å². The maximum atomic E-state index is 12.8. The third-order valence-corrected chi connectivity index (χ3v) is 6.14. The molecule has 3 heterocycles. The van der Waals surface area contributed by atoms with E-state index in [9.17, 15) is 8.42 Å². The van der Waals surface area contributed by atoms with Gasteiger partial charge in [0.15, 0.2) is 5.65 Å². The first kappa shape index (κ1) is 14.1. The van der Waals surface area contributed by atoms with Crippen LogP contribution in [0.15, 0.2) is 76.1 Å². The van der Waals surface area contributed by atoms with Crippen molar-refractivity contribution in [3.63, 3.8) is 0 Å². The highest BCUT2D eigenvalue weighted by Gasteiger charge is 2.24. The average molecular weight is 341 g/mol. The van der Waals surface area contributed by atoms with E-state index in [-0.39, 0.29) is 9.79 Å². The van der Waals surface area contributed by atoms with Gasteiger partial charge >= 0.3 is 0 Å². The van der Waals surface area contributed by atoms with Crippen LogP contribution in [0.25, 0.3) is 16.2 Å². The van der Waals surface area contributed by atoms with Crippen molar-refractivity contribution in [2.24, 2.45) is 0 Å². The van der Waals surface area contributed by atoms with E-state index in [1.54, 1.807) is 52.4 Å². The van der Waals surface area contributed by atoms with Crippen molar-refractivity contribution in [3.05, 3.63) is 66.3 Å². The van der Waals surface area contributed by atoms with Crippen molar-refractivity contribution in [2.75, 3.05) is 0 Å². The molecule has 0 N–H and O–H groups in total. The van der Waals surface area contributed by atoms with Gasteiger partial charge in [-0.3, -0.25) is 0 Å². The number of fused-ring (bicyclic) bond motifs is 1. The molecular weight excluding hydrogens is 330 g/mol. The summed E-state index contributed by atoms with van der Waals surface area (Å²) in [6.45, 7) is 0. The van der Waals surface area contributed by atoms with Crippen LogP contribution in [0, 0.1) is 0 Å². The summed E-state index contributed by atoms with van der Waals surface area (Å²) < 4.78 is 27.2. The first-order chi connectivity index (χ1) is 11.2. The molecule has 0 aliphatic carbocycles. The van der Waals surface area contributed by atoms with E-state index < -0.39 is 9.84 Å². The molecule has 0 saturated carbocycles. The fourth-order valence-corrected chi connectivity index (χ4v) is 4.47. The van der Waals surface area contributed by atoms with Gasteiger partial charge in [-0.25, -0.2) is 17.9 Å². The molecule has 0 atom stereocenters. The zero-order chi connectivity index (χ0) is 15.9. The van der Waals surface area contributed by atoms with Crippen LogP contribution in [0.2, 0.25) is 0 Å². The van der Waals surface area contributed by atoms with Gasteiger partial charge in [-0.2, -0.15) is 5.10 Å². The highest BCUT2D eigenvalue weighted by Crippen LogP contribution is 2.28. The van der Waals surface area contributed by atoms with E-state index in [4.69, 9.17) is 0 Å². The summed E-state index contributed by atoms with van der Waals surface area (Å²) in [5, 5.41) is 6.21. The smallest absolute Gasteiger partial charge is 0.211 e. The van der Waals surface area contributed by atoms with Gasteiger partial charge in [-0.1, -0.05) is 24.3 Å². The van der Waals surface area contributed by atoms with E-state index in [0.717, 1.165) is 10.6 Å². The standard InChI is InChI=1S/C16H11N3O2S2/c20-23(21,12-5-2-1-3-6-12)15-11-18-19-13(8-9-17-16(15)19)14-7-4-10-22-14/h1-11H. The lowest BCUT2D eigenvalue weighted by Gasteiger charge is -2.04. The van der Waals surface area contributed by atoms with E-state index >= 15 is 0 Å². The predicted molar refractivity (Wildman–Crippen MR) is 88.2 cm³/mol. The lowest BCUT2D eigenvalue weighted by molar-refractivity contribution is 0.597. The van der Waals surface area contributed by atoms with Gasteiger partial charge in [-0.05, 0) is 29.6 Å². The first-order valence-corrected chi connectivity index (χ1v) is 9.21. The van der Waals surface area contributed by atoms with Crippen molar-refractivity contribution in [3.8, 4) is 10.6 Å². The van der Waals surface area contributed by atoms with Gasteiger partial charge in [0.1, 0.15) is 4.90 Å². The van der Waals surface area contributed by atoms with Crippen molar-refractivity contribution >= 4 is 26.8 Å². The van der Waals surface area contributed by atoms with Crippen molar-refractivity contribution < 1.29 is 8.42 Å². The second kappa shape index (κ2) is 5.29. The van der Waals surface area contributed by atoms with Crippen LogP contribution < -0.4 is 0 Å². The monoisotopic (exact) mass is 341 g/mol. The summed E-state index contributed by atoms with van der Waals surface area (Å²) in [6.07, 6.45) is 2.97. The van der Waals surface area contributed by atoms with Crippen LogP contribution in [0.4, 0.5) is 0 Å². The zero-order valence-electron chi connectivity index (χ0n) is 11.8. The van der Waals surface area contributed by atoms with Crippen LogP contribution in [0.5, 0.6) is 0 Å². The molecule has 0 spiro atoms. The largest absolute Gasteiger partial charge is 0.236 e. The fraction of sp³-hybridized carbons (Fsp3) is 0. The molecule has 3 aromatic heterocycles. The Hall–Kier alpha value is -2.51. The second-order valence-electron chi connectivity index (χ2n) is 4.87. The lowest BCUT2D eigenvalue weighted by atomic mass is 10.3. The number of nitrogens with zero attached hydrogens (tertiary/aromatic N) is 3. The molecule has 0 saturated heterocycles. The zero-order valence-corrected chi connectivity index (χ0v) is 13.5. The number of aromatic nitrogens is 3. The Kier molecular flexibility index (Phi) is 3.24. The number of sulfone groups is 1. The molecule has 0 unspecified atom stereocenters. The summed E-state index contributed by atoms with van der Waals surface area (Å²) in [7, 11) is -3.65. The maximum Gasteiger partial charge on any atom is 0.211 e. The van der Waals surface area contributed by atoms with Crippen LogP contribution in [0.1, 0.15) is 0 Å². The van der Waals surface area contributed by atoms with Crippen LogP contribution in [0.3, 0.4) is 0 Å². The second-order valence-corrected chi connectivity index (χ2v) is 7.73. The van der Waals surface area contributed by atoms with E-state index in [0.29, 0.717) is 5.65 Å². The molecule has 0 aliphatic rings. The molecule has 23 heavy (non-hydrogen) atoms. The quantitative estimate of drug-likeness (QED) is 0.573. The summed E-state index contributed by atoms with van der Waals surface area (Å²) in [6, 6.07) is 14.0. The molecule has 0 amide bonds.